The van der Waals surface area contributed by atoms with Crippen LogP contribution >= 0.6 is 0 Å². The van der Waals surface area contributed by atoms with Gasteiger partial charge in [-0.2, -0.15) is 0 Å². The largest absolute Gasteiger partial charge is 0.315 e. The highest BCUT2D eigenvalue weighted by Crippen LogP contribution is 2.17. The second-order valence-corrected chi connectivity index (χ2v) is 6.26. The summed E-state index contributed by atoms with van der Waals surface area (Å²) in [6.07, 6.45) is 11.3. The minimum atomic E-state index is 0.642. The number of rotatable bonds is 8. The maximum atomic E-state index is 3.49. The minimum Gasteiger partial charge on any atom is -0.315 e. The molecule has 2 nitrogen and oxygen atoms in total. The fourth-order valence-electron chi connectivity index (χ4n) is 2.85. The lowest BCUT2D eigenvalue weighted by molar-refractivity contribution is 0.209. The topological polar surface area (TPSA) is 15.3 Å². The van der Waals surface area contributed by atoms with Crippen molar-refractivity contribution in [3.63, 3.8) is 0 Å². The highest BCUT2D eigenvalue weighted by atomic mass is 15.1. The monoisotopic (exact) mass is 254 g/mol. The summed E-state index contributed by atoms with van der Waals surface area (Å²) in [4.78, 5) is 2.72. The summed E-state index contributed by atoms with van der Waals surface area (Å²) in [5, 5.41) is 3.49. The molecule has 0 aromatic rings. The average molecular weight is 254 g/mol. The van der Waals surface area contributed by atoms with Crippen LogP contribution in [0.2, 0.25) is 0 Å². The van der Waals surface area contributed by atoms with Crippen LogP contribution in [0.15, 0.2) is 0 Å². The molecule has 1 atom stereocenters. The first kappa shape index (κ1) is 16.0. The molecule has 2 heteroatoms. The van der Waals surface area contributed by atoms with E-state index in [4.69, 9.17) is 0 Å². The van der Waals surface area contributed by atoms with E-state index in [1.54, 1.807) is 0 Å². The predicted molar refractivity (Wildman–Crippen MR) is 81.1 cm³/mol. The zero-order valence-electron chi connectivity index (χ0n) is 12.9. The van der Waals surface area contributed by atoms with Gasteiger partial charge >= 0.3 is 0 Å². The van der Waals surface area contributed by atoms with Crippen LogP contribution < -0.4 is 5.32 Å². The van der Waals surface area contributed by atoms with Crippen molar-refractivity contribution in [2.45, 2.75) is 84.2 Å². The van der Waals surface area contributed by atoms with Crippen LogP contribution in [-0.2, 0) is 0 Å². The second-order valence-electron chi connectivity index (χ2n) is 6.26. The summed E-state index contributed by atoms with van der Waals surface area (Å²) in [6.45, 7) is 10.7. The van der Waals surface area contributed by atoms with Gasteiger partial charge in [-0.25, -0.2) is 0 Å². The zero-order valence-corrected chi connectivity index (χ0v) is 12.9. The van der Waals surface area contributed by atoms with Crippen molar-refractivity contribution in [2.75, 3.05) is 19.6 Å². The normalized spacial score (nSPS) is 22.3. The van der Waals surface area contributed by atoms with E-state index in [9.17, 15) is 0 Å². The van der Waals surface area contributed by atoms with Crippen LogP contribution in [0, 0.1) is 0 Å². The standard InChI is InChI=1S/C16H34N2/c1-15(2)17-12-8-4-5-9-13-18-14-10-6-7-11-16(18)3/h15-17H,4-14H2,1-3H3. The molecule has 0 spiro atoms. The van der Waals surface area contributed by atoms with Crippen molar-refractivity contribution < 1.29 is 0 Å². The van der Waals surface area contributed by atoms with Crippen molar-refractivity contribution in [3.8, 4) is 0 Å². The highest BCUT2D eigenvalue weighted by Gasteiger charge is 2.15. The van der Waals surface area contributed by atoms with Crippen molar-refractivity contribution in [1.29, 1.82) is 0 Å². The fraction of sp³-hybridized carbons (Fsp3) is 1.00. The van der Waals surface area contributed by atoms with Gasteiger partial charge in [0, 0.05) is 12.1 Å². The van der Waals surface area contributed by atoms with Gasteiger partial charge in [-0.05, 0) is 52.2 Å². The first-order chi connectivity index (χ1) is 8.70. The van der Waals surface area contributed by atoms with E-state index in [-0.39, 0.29) is 0 Å². The summed E-state index contributed by atoms with van der Waals surface area (Å²) in [5.74, 6) is 0. The Morgan fingerprint density at radius 2 is 1.83 bits per heavy atom. The minimum absolute atomic E-state index is 0.642. The van der Waals surface area contributed by atoms with Crippen LogP contribution in [0.25, 0.3) is 0 Å². The fourth-order valence-corrected chi connectivity index (χ4v) is 2.85. The zero-order chi connectivity index (χ0) is 13.2. The lowest BCUT2D eigenvalue weighted by Crippen LogP contribution is -2.33. The lowest BCUT2D eigenvalue weighted by atomic mass is 10.1. The molecule has 1 N–H and O–H groups in total. The summed E-state index contributed by atoms with van der Waals surface area (Å²) >= 11 is 0. The number of hydrogen-bond acceptors (Lipinski definition) is 2. The van der Waals surface area contributed by atoms with Crippen molar-refractivity contribution in [3.05, 3.63) is 0 Å². The predicted octanol–water partition coefficient (Wildman–Crippen LogP) is 3.81. The third-order valence-electron chi connectivity index (χ3n) is 4.12. The number of nitrogens with one attached hydrogen (secondary N) is 1. The van der Waals surface area contributed by atoms with Crippen molar-refractivity contribution >= 4 is 0 Å². The Morgan fingerprint density at radius 3 is 2.61 bits per heavy atom. The number of nitrogens with zero attached hydrogens (tertiary/aromatic N) is 1. The molecule has 1 heterocycles. The summed E-state index contributed by atoms with van der Waals surface area (Å²) in [7, 11) is 0. The first-order valence-electron chi connectivity index (χ1n) is 8.17. The Balaban J connectivity index is 1.96. The van der Waals surface area contributed by atoms with Gasteiger partial charge in [0.1, 0.15) is 0 Å². The Morgan fingerprint density at radius 1 is 1.06 bits per heavy atom. The van der Waals surface area contributed by atoms with E-state index >= 15 is 0 Å². The molecule has 108 valence electrons. The van der Waals surface area contributed by atoms with Gasteiger partial charge in [0.25, 0.3) is 0 Å². The van der Waals surface area contributed by atoms with Gasteiger partial charge in [-0.15, -0.1) is 0 Å². The van der Waals surface area contributed by atoms with Crippen LogP contribution in [-0.4, -0.2) is 36.6 Å². The highest BCUT2D eigenvalue weighted by molar-refractivity contribution is 4.71. The number of hydrogen-bond donors (Lipinski definition) is 1. The maximum absolute atomic E-state index is 3.49. The molecule has 1 saturated heterocycles. The molecule has 1 aliphatic rings. The van der Waals surface area contributed by atoms with Crippen LogP contribution in [0.5, 0.6) is 0 Å². The number of unbranched alkanes of at least 4 members (excludes halogenated alkanes) is 3. The Hall–Kier alpha value is -0.0800. The molecular formula is C16H34N2. The Kier molecular flexibility index (Phi) is 8.70. The van der Waals surface area contributed by atoms with Gasteiger partial charge < -0.3 is 10.2 Å². The molecular weight excluding hydrogens is 220 g/mol. The molecule has 1 aliphatic heterocycles. The molecule has 1 unspecified atom stereocenters. The molecule has 1 rings (SSSR count). The Bertz CT molecular complexity index is 192. The quantitative estimate of drug-likeness (QED) is 0.663. The van der Waals surface area contributed by atoms with E-state index in [1.807, 2.05) is 0 Å². The van der Waals surface area contributed by atoms with Gasteiger partial charge in [0.05, 0.1) is 0 Å². The molecule has 0 saturated carbocycles. The molecule has 0 aliphatic carbocycles. The van der Waals surface area contributed by atoms with E-state index in [1.165, 1.54) is 71.0 Å². The van der Waals surface area contributed by atoms with E-state index in [0.29, 0.717) is 6.04 Å². The average Bonchev–Trinajstić information content (AvgIpc) is 2.53. The molecule has 0 bridgehead atoms. The summed E-state index contributed by atoms with van der Waals surface area (Å²) in [5.41, 5.74) is 0. The Labute approximate surface area is 115 Å². The lowest BCUT2D eigenvalue weighted by Gasteiger charge is -2.26. The summed E-state index contributed by atoms with van der Waals surface area (Å²) in [6, 6.07) is 1.47. The van der Waals surface area contributed by atoms with Crippen molar-refractivity contribution in [1.82, 2.24) is 10.2 Å². The third kappa shape index (κ3) is 7.38. The molecule has 0 radical (unpaired) electrons. The second kappa shape index (κ2) is 9.80. The smallest absolute Gasteiger partial charge is 0.00669 e. The first-order valence-corrected chi connectivity index (χ1v) is 8.17. The van der Waals surface area contributed by atoms with Crippen molar-refractivity contribution in [2.24, 2.45) is 0 Å². The van der Waals surface area contributed by atoms with Crippen LogP contribution in [0.3, 0.4) is 0 Å². The maximum Gasteiger partial charge on any atom is 0.00669 e. The van der Waals surface area contributed by atoms with Gasteiger partial charge in [-0.3, -0.25) is 0 Å². The van der Waals surface area contributed by atoms with Gasteiger partial charge in [0.2, 0.25) is 0 Å². The number of likely N-dealkylation sites (tertiary alicyclic amines) is 1. The molecule has 0 aromatic heterocycles. The summed E-state index contributed by atoms with van der Waals surface area (Å²) < 4.78 is 0. The molecule has 0 amide bonds. The molecule has 0 aromatic carbocycles. The van der Waals surface area contributed by atoms with Gasteiger partial charge in [-0.1, -0.05) is 39.5 Å². The van der Waals surface area contributed by atoms with E-state index in [0.717, 1.165) is 6.04 Å². The van der Waals surface area contributed by atoms with E-state index in [2.05, 4.69) is 31.0 Å². The SMILES string of the molecule is CC(C)NCCCCCCN1CCCCCC1C. The van der Waals surface area contributed by atoms with E-state index < -0.39 is 0 Å². The van der Waals surface area contributed by atoms with Crippen LogP contribution in [0.1, 0.15) is 72.1 Å². The molecule has 1 fully saturated rings. The third-order valence-corrected chi connectivity index (χ3v) is 4.12. The molecule has 18 heavy (non-hydrogen) atoms. The van der Waals surface area contributed by atoms with Gasteiger partial charge in [0.15, 0.2) is 0 Å². The van der Waals surface area contributed by atoms with Crippen LogP contribution in [0.4, 0.5) is 0 Å².